The number of fused-ring (bicyclic) bond motifs is 6. The van der Waals surface area contributed by atoms with E-state index in [4.69, 9.17) is 38.4 Å². The van der Waals surface area contributed by atoms with Crippen molar-refractivity contribution in [3.05, 3.63) is 178 Å². The molecule has 0 saturated carbocycles. The van der Waals surface area contributed by atoms with Crippen LogP contribution in [0, 0.1) is 5.92 Å². The Kier molecular flexibility index (Phi) is 20.7. The van der Waals surface area contributed by atoms with Crippen molar-refractivity contribution >= 4 is 76.6 Å². The van der Waals surface area contributed by atoms with Gasteiger partial charge in [0.1, 0.15) is 25.9 Å². The van der Waals surface area contributed by atoms with E-state index in [-0.39, 0.29) is 118 Å². The fraction of sp³-hybridized carbons (Fsp3) is 0.329. The van der Waals surface area contributed by atoms with Crippen LogP contribution in [0.15, 0.2) is 132 Å². The molecule has 0 spiro atoms. The number of methoxy groups -OCH3 is 2. The first-order valence-corrected chi connectivity index (χ1v) is 31.4. The van der Waals surface area contributed by atoms with E-state index >= 15 is 0 Å². The predicted octanol–water partition coefficient (Wildman–Crippen LogP) is 5.62. The number of hydrogen-bond donors (Lipinski definition) is 5. The first-order chi connectivity index (χ1) is 46.4. The Hall–Kier alpha value is -11.0. The molecule has 1 unspecified atom stereocenters. The molecule has 5 aromatic carbocycles. The van der Waals surface area contributed by atoms with Crippen LogP contribution in [-0.2, 0) is 84.0 Å². The minimum atomic E-state index is -1.61. The highest BCUT2D eigenvalue weighted by molar-refractivity contribution is 6.13. The molecule has 5 N–H and O–H groups in total. The third-order valence-electron chi connectivity index (χ3n) is 17.0. The van der Waals surface area contributed by atoms with Gasteiger partial charge in [0.2, 0.25) is 23.6 Å². The predicted molar refractivity (Wildman–Crippen MR) is 347 cm³/mol. The molecule has 0 aliphatic carbocycles. The van der Waals surface area contributed by atoms with Crippen LogP contribution in [0.25, 0.3) is 0 Å². The number of aliphatic imine (C=N–C) groups is 1. The molecule has 6 aromatic rings. The Labute approximate surface area is 552 Å². The van der Waals surface area contributed by atoms with E-state index in [0.29, 0.717) is 58.4 Å². The lowest BCUT2D eigenvalue weighted by Crippen LogP contribution is -2.55. The Morgan fingerprint density at radius 1 is 0.646 bits per heavy atom. The number of imide groups is 1. The van der Waals surface area contributed by atoms with E-state index < -0.39 is 66.4 Å². The Balaban J connectivity index is 0.695. The Bertz CT molecular complexity index is 4050. The van der Waals surface area contributed by atoms with Crippen LogP contribution < -0.4 is 45.1 Å². The first kappa shape index (κ1) is 66.5. The number of benzene rings is 5. The summed E-state index contributed by atoms with van der Waals surface area (Å²) in [7, 11) is 2.92. The van der Waals surface area contributed by atoms with Gasteiger partial charge in [-0.15, -0.1) is 0 Å². The third kappa shape index (κ3) is 15.3. The second kappa shape index (κ2) is 30.0. The molecule has 498 valence electrons. The van der Waals surface area contributed by atoms with E-state index in [1.54, 1.807) is 68.4 Å². The molecule has 4 atom stereocenters. The van der Waals surface area contributed by atoms with Crippen molar-refractivity contribution in [1.29, 1.82) is 0 Å². The number of carbonyl (C=O) groups is 9. The number of aliphatic hydroxyl groups is 1. The second-order valence-electron chi connectivity index (χ2n) is 23.7. The van der Waals surface area contributed by atoms with Crippen molar-refractivity contribution in [2.24, 2.45) is 10.9 Å². The average Bonchev–Trinajstić information content (AvgIpc) is 1.58. The summed E-state index contributed by atoms with van der Waals surface area (Å²) in [5.41, 5.74) is 6.85. The van der Waals surface area contributed by atoms with Gasteiger partial charge in [-0.05, 0) is 83.0 Å². The molecular formula is C70H72N10O16. The Morgan fingerprint density at radius 2 is 1.27 bits per heavy atom. The van der Waals surface area contributed by atoms with Crippen LogP contribution in [0.3, 0.4) is 0 Å². The molecule has 6 heterocycles. The van der Waals surface area contributed by atoms with Crippen molar-refractivity contribution in [2.45, 2.75) is 96.8 Å². The summed E-state index contributed by atoms with van der Waals surface area (Å²) >= 11 is 0. The van der Waals surface area contributed by atoms with Crippen molar-refractivity contribution < 1.29 is 76.7 Å². The minimum Gasteiger partial charge on any atom is -0.493 e. The number of carbonyl (C=O) groups excluding carboxylic acids is 9. The van der Waals surface area contributed by atoms with Crippen molar-refractivity contribution in [1.82, 2.24) is 35.6 Å². The van der Waals surface area contributed by atoms with E-state index in [0.717, 1.165) is 38.6 Å². The molecular weight excluding hydrogens is 1240 g/mol. The molecule has 0 saturated heterocycles. The summed E-state index contributed by atoms with van der Waals surface area (Å²) in [4.78, 5) is 133. The molecule has 1 aromatic heterocycles. The van der Waals surface area contributed by atoms with Crippen LogP contribution >= 0.6 is 0 Å². The van der Waals surface area contributed by atoms with Gasteiger partial charge in [0.15, 0.2) is 29.2 Å². The molecule has 0 fully saturated rings. The number of hydrogen-bond acceptors (Lipinski definition) is 18. The van der Waals surface area contributed by atoms with Crippen molar-refractivity contribution in [3.63, 3.8) is 0 Å². The minimum absolute atomic E-state index is 0.00294. The summed E-state index contributed by atoms with van der Waals surface area (Å²) in [5.74, 6) is -2.93. The van der Waals surface area contributed by atoms with Gasteiger partial charge in [0.25, 0.3) is 23.6 Å². The maximum Gasteiger partial charge on any atom is 0.416 e. The number of aromatic nitrogens is 1. The lowest BCUT2D eigenvalue weighted by atomic mass is 9.93. The zero-order chi connectivity index (χ0) is 67.6. The van der Waals surface area contributed by atoms with E-state index in [1.165, 1.54) is 36.8 Å². The topological polar surface area (TPSA) is 316 Å². The van der Waals surface area contributed by atoms with Gasteiger partial charge in [-0.3, -0.25) is 53.2 Å². The lowest BCUT2D eigenvalue weighted by molar-refractivity contribution is -0.137. The highest BCUT2D eigenvalue weighted by Gasteiger charge is 2.46. The maximum absolute atomic E-state index is 14.8. The third-order valence-corrected chi connectivity index (χ3v) is 17.0. The van der Waals surface area contributed by atoms with Crippen LogP contribution in [0.2, 0.25) is 0 Å². The smallest absolute Gasteiger partial charge is 0.416 e. The van der Waals surface area contributed by atoms with Crippen molar-refractivity contribution in [3.8, 4) is 23.0 Å². The largest absolute Gasteiger partial charge is 0.493 e. The van der Waals surface area contributed by atoms with Gasteiger partial charge in [-0.25, -0.2) is 9.69 Å². The fourth-order valence-corrected chi connectivity index (χ4v) is 11.9. The summed E-state index contributed by atoms with van der Waals surface area (Å²) in [6, 6.07) is 31.6. The number of anilines is 2. The van der Waals surface area contributed by atoms with Gasteiger partial charge in [0, 0.05) is 75.2 Å². The quantitative estimate of drug-likeness (QED) is 0.0343. The number of nitrogens with one attached hydrogen (secondary N) is 4. The van der Waals surface area contributed by atoms with E-state index in [2.05, 4.69) is 27.3 Å². The SMILES string of the molecule is COc1cc2c(cc1OCc1cccc(COc3cc4c(cc3OC)C(=O)N3Cc5ccccc5C[C@H]3C(O)N4C(=O)OCc3ccc(NC(=O)CNC(=O)[C@@H](NC(=O)CCOCCNC(=O)CCN4C(=O)C=CC4=O)C(C)C)cc3)n1)N=C[C@@H]1Cc3ccccc3CN1C2=O. The average molecular weight is 1310 g/mol. The van der Waals surface area contributed by atoms with Gasteiger partial charge in [-0.1, -0.05) is 80.6 Å². The number of pyridine rings is 1. The number of aliphatic hydroxyl groups excluding tert-OH is 1. The zero-order valence-electron chi connectivity index (χ0n) is 53.2. The highest BCUT2D eigenvalue weighted by atomic mass is 16.6. The van der Waals surface area contributed by atoms with Crippen LogP contribution in [0.1, 0.15) is 86.6 Å². The van der Waals surface area contributed by atoms with Crippen molar-refractivity contribution in [2.75, 3.05) is 57.3 Å². The van der Waals surface area contributed by atoms with Crippen LogP contribution in [0.5, 0.6) is 23.0 Å². The van der Waals surface area contributed by atoms with Gasteiger partial charge in [-0.2, -0.15) is 0 Å². The number of nitrogens with zero attached hydrogens (tertiary/aromatic N) is 6. The molecule has 0 bridgehead atoms. The number of amides is 9. The number of ether oxygens (including phenoxy) is 6. The summed E-state index contributed by atoms with van der Waals surface area (Å²) in [6.45, 7) is 3.42. The number of rotatable bonds is 25. The van der Waals surface area contributed by atoms with Gasteiger partial charge >= 0.3 is 6.09 Å². The molecule has 5 aliphatic rings. The van der Waals surface area contributed by atoms with Gasteiger partial charge < -0.3 is 64.6 Å². The summed E-state index contributed by atoms with van der Waals surface area (Å²) < 4.78 is 35.6. The first-order valence-electron chi connectivity index (χ1n) is 31.4. The lowest BCUT2D eigenvalue weighted by Gasteiger charge is -2.39. The molecule has 26 nitrogen and oxygen atoms in total. The Morgan fingerprint density at radius 3 is 1.94 bits per heavy atom. The van der Waals surface area contributed by atoms with Gasteiger partial charge in [0.05, 0.1) is 80.0 Å². The molecule has 11 rings (SSSR count). The fourth-order valence-electron chi connectivity index (χ4n) is 11.9. The molecule has 9 amide bonds. The summed E-state index contributed by atoms with van der Waals surface area (Å²) in [5, 5.41) is 22.9. The highest BCUT2D eigenvalue weighted by Crippen LogP contribution is 2.43. The standard InChI is InChI=1S/C70H72N10O16/c1-41(2)65(76-61(82)23-26-93-27-24-71-60(81)22-25-77-63(84)20-21-64(77)85)66(86)73-35-62(83)75-47-18-16-42(17-19-47)38-96-70(90)80-54-33-59(57(92-4)31-52(54)68(88)79-37-46-13-8-6-11-44(46)29-55(79)69(80)89)95-40-49-15-9-14-48(74-49)39-94-58-32-53-51(30-56(58)91-3)67(87)78-36-45-12-7-5-10-43(45)28-50(78)34-72-53/h5-21,30-34,41,50,55,65,69,89H,22-29,35-40H2,1-4H3,(H,71,81)(H,73,86)(H,75,83)(H,76,82)/t50-,55-,65-,69?/m0/s1. The molecule has 26 heteroatoms. The maximum atomic E-state index is 14.8. The molecule has 96 heavy (non-hydrogen) atoms. The second-order valence-corrected chi connectivity index (χ2v) is 23.7. The zero-order valence-corrected chi connectivity index (χ0v) is 53.2. The molecule has 5 aliphatic heterocycles. The van der Waals surface area contributed by atoms with E-state index in [1.807, 2.05) is 53.6 Å². The normalized spacial score (nSPS) is 17.0. The van der Waals surface area contributed by atoms with E-state index in [9.17, 15) is 48.3 Å². The molecule has 0 radical (unpaired) electrons. The summed E-state index contributed by atoms with van der Waals surface area (Å²) in [6.07, 6.45) is 2.22. The van der Waals surface area contributed by atoms with Crippen LogP contribution in [-0.4, -0.2) is 156 Å². The van der Waals surface area contributed by atoms with Crippen LogP contribution in [0.4, 0.5) is 21.9 Å². The monoisotopic (exact) mass is 1310 g/mol.